The highest BCUT2D eigenvalue weighted by Gasteiger charge is 2.11. The third-order valence-corrected chi connectivity index (χ3v) is 3.80. The van der Waals surface area contributed by atoms with Crippen LogP contribution in [0.3, 0.4) is 0 Å². The number of esters is 1. The Labute approximate surface area is 157 Å². The first-order valence-electron chi connectivity index (χ1n) is 7.81. The maximum atomic E-state index is 12.0. The van der Waals surface area contributed by atoms with Crippen molar-refractivity contribution in [3.63, 3.8) is 0 Å². The summed E-state index contributed by atoms with van der Waals surface area (Å²) in [4.78, 5) is 25.2. The summed E-state index contributed by atoms with van der Waals surface area (Å²) in [6.07, 6.45) is 2.80. The highest BCUT2D eigenvalue weighted by Crippen LogP contribution is 2.11. The average molecular weight is 369 g/mol. The van der Waals surface area contributed by atoms with Crippen LogP contribution < -0.4 is 0 Å². The van der Waals surface area contributed by atoms with Gasteiger partial charge in [-0.2, -0.15) is 5.26 Å². The zero-order valence-corrected chi connectivity index (χ0v) is 14.9. The second kappa shape index (κ2) is 9.40. The van der Waals surface area contributed by atoms with Crippen molar-refractivity contribution >= 4 is 29.6 Å². The fourth-order valence-corrected chi connectivity index (χ4v) is 2.20. The fourth-order valence-electron chi connectivity index (χ4n) is 2.08. The lowest BCUT2D eigenvalue weighted by Gasteiger charge is -2.17. The van der Waals surface area contributed by atoms with Gasteiger partial charge in [-0.05, 0) is 41.5 Å². The van der Waals surface area contributed by atoms with Gasteiger partial charge in [0.25, 0.3) is 5.91 Å². The van der Waals surface area contributed by atoms with Crippen molar-refractivity contribution in [2.24, 2.45) is 0 Å². The second-order valence-corrected chi connectivity index (χ2v) is 5.99. The van der Waals surface area contributed by atoms with E-state index in [1.165, 1.54) is 11.0 Å². The molecule has 132 valence electrons. The lowest BCUT2D eigenvalue weighted by atomic mass is 10.1. The Bertz CT molecular complexity index is 837. The summed E-state index contributed by atoms with van der Waals surface area (Å²) in [6.45, 7) is 0.0647. The molecule has 0 unspecified atom stereocenters. The van der Waals surface area contributed by atoms with Gasteiger partial charge in [0.15, 0.2) is 6.61 Å². The maximum Gasteiger partial charge on any atom is 0.331 e. The van der Waals surface area contributed by atoms with Crippen molar-refractivity contribution in [2.75, 3.05) is 13.7 Å². The predicted octanol–water partition coefficient (Wildman–Crippen LogP) is 3.43. The average Bonchev–Trinajstić information content (AvgIpc) is 2.66. The highest BCUT2D eigenvalue weighted by atomic mass is 35.5. The molecular formula is C20H17ClN2O3. The topological polar surface area (TPSA) is 70.4 Å². The first-order valence-corrected chi connectivity index (χ1v) is 8.19. The first kappa shape index (κ1) is 19.2. The Morgan fingerprint density at radius 1 is 1.15 bits per heavy atom. The molecule has 26 heavy (non-hydrogen) atoms. The number of ether oxygens (including phenoxy) is 1. The number of carbonyl (C=O) groups is 2. The lowest BCUT2D eigenvalue weighted by molar-refractivity contribution is -0.147. The number of hydrogen-bond donors (Lipinski definition) is 0. The van der Waals surface area contributed by atoms with Crippen LogP contribution in [0.25, 0.3) is 6.08 Å². The van der Waals surface area contributed by atoms with E-state index in [0.29, 0.717) is 17.1 Å². The summed E-state index contributed by atoms with van der Waals surface area (Å²) in [5.74, 6) is -0.914. The van der Waals surface area contributed by atoms with Crippen LogP contribution in [-0.4, -0.2) is 30.4 Å². The van der Waals surface area contributed by atoms with Gasteiger partial charge in [0.2, 0.25) is 0 Å². The van der Waals surface area contributed by atoms with E-state index >= 15 is 0 Å². The number of rotatable bonds is 6. The molecule has 0 bridgehead atoms. The first-order chi connectivity index (χ1) is 12.5. The minimum atomic E-state index is -0.609. The highest BCUT2D eigenvalue weighted by molar-refractivity contribution is 6.30. The minimum Gasteiger partial charge on any atom is -0.452 e. The van der Waals surface area contributed by atoms with Gasteiger partial charge in [-0.25, -0.2) is 4.79 Å². The fraction of sp³-hybridized carbons (Fsp3) is 0.150. The van der Waals surface area contributed by atoms with E-state index in [0.717, 1.165) is 11.1 Å². The monoisotopic (exact) mass is 368 g/mol. The normalized spacial score (nSPS) is 10.3. The molecule has 0 N–H and O–H groups in total. The number of nitrogens with zero attached hydrogens (tertiary/aromatic N) is 2. The van der Waals surface area contributed by atoms with E-state index in [-0.39, 0.29) is 12.5 Å². The van der Waals surface area contributed by atoms with Crippen molar-refractivity contribution in [1.82, 2.24) is 4.90 Å². The molecule has 5 nitrogen and oxygen atoms in total. The van der Waals surface area contributed by atoms with Crippen LogP contribution in [-0.2, 0) is 20.9 Å². The number of carbonyl (C=O) groups excluding carboxylic acids is 2. The van der Waals surface area contributed by atoms with E-state index in [2.05, 4.69) is 0 Å². The van der Waals surface area contributed by atoms with Crippen molar-refractivity contribution in [3.05, 3.63) is 76.3 Å². The van der Waals surface area contributed by atoms with E-state index < -0.39 is 5.97 Å². The SMILES string of the molecule is CN(Cc1ccc(Cl)cc1)C(=O)COC(=O)/C=C/c1ccc(C#N)cc1. The van der Waals surface area contributed by atoms with Crippen LogP contribution in [0.2, 0.25) is 5.02 Å². The molecular weight excluding hydrogens is 352 g/mol. The lowest BCUT2D eigenvalue weighted by Crippen LogP contribution is -2.30. The smallest absolute Gasteiger partial charge is 0.331 e. The van der Waals surface area contributed by atoms with E-state index in [9.17, 15) is 9.59 Å². The molecule has 2 aromatic rings. The van der Waals surface area contributed by atoms with Crippen molar-refractivity contribution in [1.29, 1.82) is 5.26 Å². The standard InChI is InChI=1S/C20H17ClN2O3/c1-23(13-17-6-9-18(21)10-7-17)19(24)14-26-20(25)11-8-15-2-4-16(12-22)5-3-15/h2-11H,13-14H2,1H3/b11-8+. The molecule has 0 heterocycles. The van der Waals surface area contributed by atoms with Crippen LogP contribution >= 0.6 is 11.6 Å². The maximum absolute atomic E-state index is 12.0. The number of benzene rings is 2. The molecule has 0 spiro atoms. The number of halogens is 1. The zero-order chi connectivity index (χ0) is 18.9. The molecule has 0 saturated heterocycles. The van der Waals surface area contributed by atoms with Crippen LogP contribution in [0, 0.1) is 11.3 Å². The number of hydrogen-bond acceptors (Lipinski definition) is 4. The summed E-state index contributed by atoms with van der Waals surface area (Å²) in [5.41, 5.74) is 2.23. The minimum absolute atomic E-state index is 0.305. The van der Waals surface area contributed by atoms with Crippen LogP contribution in [0.5, 0.6) is 0 Å². The number of nitriles is 1. The summed E-state index contributed by atoms with van der Waals surface area (Å²) in [7, 11) is 1.64. The zero-order valence-electron chi connectivity index (χ0n) is 14.2. The van der Waals surface area contributed by atoms with Gasteiger partial charge >= 0.3 is 5.97 Å². The van der Waals surface area contributed by atoms with Gasteiger partial charge in [-0.15, -0.1) is 0 Å². The Hall–Kier alpha value is -3.10. The Balaban J connectivity index is 1.79. The van der Waals surface area contributed by atoms with Gasteiger partial charge in [0.1, 0.15) is 0 Å². The predicted molar refractivity (Wildman–Crippen MR) is 99.1 cm³/mol. The second-order valence-electron chi connectivity index (χ2n) is 5.55. The molecule has 6 heteroatoms. The molecule has 0 atom stereocenters. The van der Waals surface area contributed by atoms with Crippen LogP contribution in [0.4, 0.5) is 0 Å². The molecule has 0 saturated carbocycles. The van der Waals surface area contributed by atoms with Gasteiger partial charge in [0.05, 0.1) is 11.6 Å². The molecule has 2 rings (SSSR count). The molecule has 0 radical (unpaired) electrons. The Kier molecular flexibility index (Phi) is 6.95. The van der Waals surface area contributed by atoms with Crippen LogP contribution in [0.1, 0.15) is 16.7 Å². The van der Waals surface area contributed by atoms with Crippen molar-refractivity contribution in [3.8, 4) is 6.07 Å². The van der Waals surface area contributed by atoms with Crippen molar-refractivity contribution < 1.29 is 14.3 Å². The molecule has 0 fully saturated rings. The quantitative estimate of drug-likeness (QED) is 0.578. The van der Waals surface area contributed by atoms with Gasteiger partial charge in [0, 0.05) is 24.7 Å². The van der Waals surface area contributed by atoms with Gasteiger partial charge in [-0.1, -0.05) is 35.9 Å². The number of likely N-dealkylation sites (N-methyl/N-ethyl adjacent to an activating group) is 1. The largest absolute Gasteiger partial charge is 0.452 e. The summed E-state index contributed by atoms with van der Waals surface area (Å²) in [5, 5.41) is 9.36. The molecule has 2 aromatic carbocycles. The summed E-state index contributed by atoms with van der Waals surface area (Å²) in [6, 6.07) is 15.9. The number of amides is 1. The van der Waals surface area contributed by atoms with E-state index in [1.807, 2.05) is 18.2 Å². The Morgan fingerprint density at radius 2 is 1.81 bits per heavy atom. The van der Waals surface area contributed by atoms with Gasteiger partial charge in [-0.3, -0.25) is 4.79 Å². The summed E-state index contributed by atoms with van der Waals surface area (Å²) < 4.78 is 4.96. The summed E-state index contributed by atoms with van der Waals surface area (Å²) >= 11 is 5.83. The molecule has 1 amide bonds. The third kappa shape index (κ3) is 6.08. The van der Waals surface area contributed by atoms with E-state index in [1.54, 1.807) is 49.5 Å². The Morgan fingerprint density at radius 3 is 2.42 bits per heavy atom. The molecule has 0 aliphatic rings. The molecule has 0 aliphatic heterocycles. The van der Waals surface area contributed by atoms with Crippen LogP contribution in [0.15, 0.2) is 54.6 Å². The third-order valence-electron chi connectivity index (χ3n) is 3.55. The van der Waals surface area contributed by atoms with Gasteiger partial charge < -0.3 is 9.64 Å². The molecule has 0 aromatic heterocycles. The van der Waals surface area contributed by atoms with E-state index in [4.69, 9.17) is 21.6 Å². The van der Waals surface area contributed by atoms with Crippen molar-refractivity contribution in [2.45, 2.75) is 6.54 Å². The molecule has 0 aliphatic carbocycles.